The Labute approximate surface area is 113 Å². The minimum Gasteiger partial charge on any atom is -0.391 e. The molecule has 2 aliphatic carbocycles. The third kappa shape index (κ3) is 4.55. The van der Waals surface area contributed by atoms with E-state index in [1.165, 1.54) is 70.6 Å². The van der Waals surface area contributed by atoms with E-state index in [-0.39, 0.29) is 6.10 Å². The van der Waals surface area contributed by atoms with Gasteiger partial charge >= 0.3 is 0 Å². The zero-order valence-corrected chi connectivity index (χ0v) is 12.1. The van der Waals surface area contributed by atoms with Crippen molar-refractivity contribution in [1.82, 2.24) is 4.90 Å². The number of rotatable bonds is 2. The number of aliphatic hydroxyl groups is 1. The van der Waals surface area contributed by atoms with Crippen LogP contribution in [0.4, 0.5) is 0 Å². The van der Waals surface area contributed by atoms with E-state index in [1.807, 2.05) is 0 Å². The van der Waals surface area contributed by atoms with Gasteiger partial charge in [0.2, 0.25) is 0 Å². The highest BCUT2D eigenvalue weighted by Crippen LogP contribution is 2.30. The lowest BCUT2D eigenvalue weighted by Crippen LogP contribution is -2.42. The number of nitrogens with zero attached hydrogens (tertiary/aromatic N) is 1. The average molecular weight is 253 g/mol. The standard InChI is InChI=1S/C16H31NO/c1-17(14-12-13-14)15-10-8-6-4-2-3-5-7-9-11-16(15)18/h14-16,18H,2-13H2,1H3. The number of likely N-dealkylation sites (N-methyl/N-ethyl adjacent to an activating group) is 1. The van der Waals surface area contributed by atoms with Crippen LogP contribution in [-0.2, 0) is 0 Å². The highest BCUT2D eigenvalue weighted by molar-refractivity contribution is 4.89. The molecule has 2 nitrogen and oxygen atoms in total. The molecule has 2 atom stereocenters. The Balaban J connectivity index is 1.85. The van der Waals surface area contributed by atoms with Crippen LogP contribution in [0.3, 0.4) is 0 Å². The van der Waals surface area contributed by atoms with Crippen molar-refractivity contribution < 1.29 is 5.11 Å². The molecule has 2 unspecified atom stereocenters. The van der Waals surface area contributed by atoms with E-state index in [1.54, 1.807) is 0 Å². The van der Waals surface area contributed by atoms with Crippen LogP contribution in [-0.4, -0.2) is 35.2 Å². The molecule has 0 aliphatic heterocycles. The molecule has 0 aromatic heterocycles. The van der Waals surface area contributed by atoms with Crippen LogP contribution in [0, 0.1) is 0 Å². The highest BCUT2D eigenvalue weighted by atomic mass is 16.3. The van der Waals surface area contributed by atoms with Gasteiger partial charge in [-0.3, -0.25) is 4.90 Å². The third-order valence-electron chi connectivity index (χ3n) is 4.84. The van der Waals surface area contributed by atoms with Gasteiger partial charge in [0.05, 0.1) is 6.10 Å². The minimum atomic E-state index is -0.0879. The lowest BCUT2D eigenvalue weighted by atomic mass is 9.95. The number of aliphatic hydroxyl groups excluding tert-OH is 1. The molecule has 0 saturated heterocycles. The summed E-state index contributed by atoms with van der Waals surface area (Å²) >= 11 is 0. The second-order valence-electron chi connectivity index (χ2n) is 6.44. The van der Waals surface area contributed by atoms with Crippen molar-refractivity contribution in [1.29, 1.82) is 0 Å². The maximum Gasteiger partial charge on any atom is 0.0695 e. The van der Waals surface area contributed by atoms with Crippen LogP contribution in [0.5, 0.6) is 0 Å². The normalized spacial score (nSPS) is 32.8. The van der Waals surface area contributed by atoms with Gasteiger partial charge in [-0.1, -0.05) is 51.4 Å². The van der Waals surface area contributed by atoms with Crippen molar-refractivity contribution in [2.75, 3.05) is 7.05 Å². The van der Waals surface area contributed by atoms with E-state index in [9.17, 15) is 5.11 Å². The molecule has 1 N–H and O–H groups in total. The van der Waals surface area contributed by atoms with Gasteiger partial charge in [-0.2, -0.15) is 0 Å². The van der Waals surface area contributed by atoms with Gasteiger partial charge in [0, 0.05) is 12.1 Å². The topological polar surface area (TPSA) is 23.5 Å². The minimum absolute atomic E-state index is 0.0879. The summed E-state index contributed by atoms with van der Waals surface area (Å²) in [4.78, 5) is 2.48. The Hall–Kier alpha value is -0.0800. The SMILES string of the molecule is CN(C1CC1)C1CCCCCCCCCCC1O. The van der Waals surface area contributed by atoms with E-state index in [4.69, 9.17) is 0 Å². The summed E-state index contributed by atoms with van der Waals surface area (Å²) in [6.07, 6.45) is 15.6. The largest absolute Gasteiger partial charge is 0.391 e. The van der Waals surface area contributed by atoms with E-state index in [0.717, 1.165) is 12.5 Å². The molecule has 0 bridgehead atoms. The van der Waals surface area contributed by atoms with Crippen molar-refractivity contribution in [3.63, 3.8) is 0 Å². The lowest BCUT2D eigenvalue weighted by Gasteiger charge is -2.32. The summed E-state index contributed by atoms with van der Waals surface area (Å²) in [5.41, 5.74) is 0. The van der Waals surface area contributed by atoms with Crippen LogP contribution in [0.2, 0.25) is 0 Å². The van der Waals surface area contributed by atoms with Gasteiger partial charge in [0.25, 0.3) is 0 Å². The Morgan fingerprint density at radius 2 is 1.22 bits per heavy atom. The number of hydrogen-bond acceptors (Lipinski definition) is 2. The Bertz CT molecular complexity index is 227. The zero-order valence-electron chi connectivity index (χ0n) is 12.1. The molecule has 2 aliphatic rings. The molecule has 18 heavy (non-hydrogen) atoms. The maximum absolute atomic E-state index is 10.5. The quantitative estimate of drug-likeness (QED) is 0.810. The first kappa shape index (κ1) is 14.3. The molecule has 0 heterocycles. The van der Waals surface area contributed by atoms with Gasteiger partial charge in [0.1, 0.15) is 0 Å². The van der Waals surface area contributed by atoms with E-state index < -0.39 is 0 Å². The summed E-state index contributed by atoms with van der Waals surface area (Å²) in [6.45, 7) is 0. The van der Waals surface area contributed by atoms with E-state index in [0.29, 0.717) is 6.04 Å². The van der Waals surface area contributed by atoms with Crippen molar-refractivity contribution in [2.24, 2.45) is 0 Å². The first-order valence-electron chi connectivity index (χ1n) is 8.19. The Morgan fingerprint density at radius 3 is 1.78 bits per heavy atom. The van der Waals surface area contributed by atoms with Gasteiger partial charge in [-0.15, -0.1) is 0 Å². The second-order valence-corrected chi connectivity index (χ2v) is 6.44. The van der Waals surface area contributed by atoms with E-state index in [2.05, 4.69) is 11.9 Å². The van der Waals surface area contributed by atoms with Gasteiger partial charge in [-0.25, -0.2) is 0 Å². The van der Waals surface area contributed by atoms with Gasteiger partial charge < -0.3 is 5.11 Å². The van der Waals surface area contributed by atoms with Gasteiger partial charge in [-0.05, 0) is 32.7 Å². The van der Waals surface area contributed by atoms with Crippen molar-refractivity contribution >= 4 is 0 Å². The molecule has 106 valence electrons. The molecule has 0 aromatic rings. The molecule has 2 fully saturated rings. The monoisotopic (exact) mass is 253 g/mol. The summed E-state index contributed by atoms with van der Waals surface area (Å²) in [5.74, 6) is 0. The van der Waals surface area contributed by atoms with Crippen LogP contribution in [0.15, 0.2) is 0 Å². The molecule has 2 heteroatoms. The molecule has 2 rings (SSSR count). The molecular formula is C16H31NO. The Kier molecular flexibility index (Phi) is 5.97. The van der Waals surface area contributed by atoms with Crippen LogP contribution < -0.4 is 0 Å². The second kappa shape index (κ2) is 7.49. The first-order chi connectivity index (χ1) is 8.79. The lowest BCUT2D eigenvalue weighted by molar-refractivity contribution is 0.0446. The van der Waals surface area contributed by atoms with Crippen molar-refractivity contribution in [3.05, 3.63) is 0 Å². The first-order valence-corrected chi connectivity index (χ1v) is 8.19. The Morgan fingerprint density at radius 1 is 0.722 bits per heavy atom. The van der Waals surface area contributed by atoms with Crippen LogP contribution >= 0.6 is 0 Å². The van der Waals surface area contributed by atoms with Crippen molar-refractivity contribution in [2.45, 2.75) is 95.2 Å². The zero-order chi connectivity index (χ0) is 12.8. The summed E-state index contributed by atoms with van der Waals surface area (Å²) in [6, 6.07) is 1.20. The predicted molar refractivity (Wildman–Crippen MR) is 76.7 cm³/mol. The average Bonchev–Trinajstić information content (AvgIpc) is 3.17. The number of hydrogen-bond donors (Lipinski definition) is 1. The predicted octanol–water partition coefficient (Wildman–Crippen LogP) is 3.72. The van der Waals surface area contributed by atoms with Crippen molar-refractivity contribution in [3.8, 4) is 0 Å². The van der Waals surface area contributed by atoms with Crippen LogP contribution in [0.1, 0.15) is 77.0 Å². The molecule has 2 saturated carbocycles. The molecule has 0 amide bonds. The highest BCUT2D eigenvalue weighted by Gasteiger charge is 2.33. The fraction of sp³-hybridized carbons (Fsp3) is 1.00. The molecule has 0 radical (unpaired) electrons. The van der Waals surface area contributed by atoms with Crippen LogP contribution in [0.25, 0.3) is 0 Å². The molecular weight excluding hydrogens is 222 g/mol. The summed E-state index contributed by atoms with van der Waals surface area (Å²) in [7, 11) is 2.23. The summed E-state index contributed by atoms with van der Waals surface area (Å²) < 4.78 is 0. The molecule has 0 aromatic carbocycles. The van der Waals surface area contributed by atoms with E-state index >= 15 is 0 Å². The fourth-order valence-electron chi connectivity index (χ4n) is 3.38. The van der Waals surface area contributed by atoms with Gasteiger partial charge in [0.15, 0.2) is 0 Å². The maximum atomic E-state index is 10.5. The molecule has 0 spiro atoms. The fourth-order valence-corrected chi connectivity index (χ4v) is 3.38. The summed E-state index contributed by atoms with van der Waals surface area (Å²) in [5, 5.41) is 10.5. The third-order valence-corrected chi connectivity index (χ3v) is 4.84. The smallest absolute Gasteiger partial charge is 0.0695 e.